The summed E-state index contributed by atoms with van der Waals surface area (Å²) in [6.07, 6.45) is 1.81. The second kappa shape index (κ2) is 6.29. The number of thioether (sulfide) groups is 1. The summed E-state index contributed by atoms with van der Waals surface area (Å²) < 4.78 is 1.98. The molecule has 23 heavy (non-hydrogen) atoms. The highest BCUT2D eigenvalue weighted by atomic mass is 32.2. The molecular weight excluding hydrogens is 330 g/mol. The number of hydrogen-bond donors (Lipinski definition) is 1. The van der Waals surface area contributed by atoms with Gasteiger partial charge in [0.1, 0.15) is 16.5 Å². The lowest BCUT2D eigenvalue weighted by molar-refractivity contribution is 0.703. The number of nitrogens with one attached hydrogen (secondary N) is 1. The van der Waals surface area contributed by atoms with E-state index in [1.165, 1.54) is 11.8 Å². The maximum Gasteiger partial charge on any atom is 0.259 e. The SMILES string of the molecule is C=CCn1c(C)nnc1SCc1nc2sc(C)c(C)c2c(=O)[nH]1. The van der Waals surface area contributed by atoms with Gasteiger partial charge in [-0.3, -0.25) is 4.79 Å². The van der Waals surface area contributed by atoms with Crippen LogP contribution in [-0.2, 0) is 12.3 Å². The molecule has 0 fully saturated rings. The van der Waals surface area contributed by atoms with Gasteiger partial charge in [-0.1, -0.05) is 17.8 Å². The van der Waals surface area contributed by atoms with Crippen LogP contribution in [0.3, 0.4) is 0 Å². The normalized spacial score (nSPS) is 11.3. The molecule has 0 aromatic carbocycles. The third-order valence-electron chi connectivity index (χ3n) is 3.64. The van der Waals surface area contributed by atoms with Crippen LogP contribution in [0.5, 0.6) is 0 Å². The lowest BCUT2D eigenvalue weighted by atomic mass is 10.2. The molecule has 0 bridgehead atoms. The van der Waals surface area contributed by atoms with Crippen molar-refractivity contribution < 1.29 is 0 Å². The van der Waals surface area contributed by atoms with E-state index in [-0.39, 0.29) is 5.56 Å². The molecule has 120 valence electrons. The fourth-order valence-corrected chi connectivity index (χ4v) is 4.22. The van der Waals surface area contributed by atoms with Gasteiger partial charge in [0.25, 0.3) is 5.56 Å². The van der Waals surface area contributed by atoms with E-state index in [1.54, 1.807) is 11.3 Å². The van der Waals surface area contributed by atoms with Crippen molar-refractivity contribution >= 4 is 33.3 Å². The van der Waals surface area contributed by atoms with Gasteiger partial charge in [-0.05, 0) is 26.3 Å². The highest BCUT2D eigenvalue weighted by Crippen LogP contribution is 2.27. The van der Waals surface area contributed by atoms with Crippen LogP contribution in [-0.4, -0.2) is 24.7 Å². The molecule has 1 N–H and O–H groups in total. The minimum atomic E-state index is -0.0730. The van der Waals surface area contributed by atoms with Crippen molar-refractivity contribution in [3.63, 3.8) is 0 Å². The summed E-state index contributed by atoms with van der Waals surface area (Å²) >= 11 is 3.06. The average Bonchev–Trinajstić information content (AvgIpc) is 2.99. The van der Waals surface area contributed by atoms with Crippen molar-refractivity contribution in [1.29, 1.82) is 0 Å². The minimum absolute atomic E-state index is 0.0730. The molecule has 3 heterocycles. The first-order valence-electron chi connectivity index (χ1n) is 7.13. The zero-order valence-electron chi connectivity index (χ0n) is 13.2. The quantitative estimate of drug-likeness (QED) is 0.567. The topological polar surface area (TPSA) is 76.5 Å². The van der Waals surface area contributed by atoms with Gasteiger partial charge in [0, 0.05) is 11.4 Å². The van der Waals surface area contributed by atoms with Crippen molar-refractivity contribution in [3.05, 3.63) is 45.1 Å². The van der Waals surface area contributed by atoms with Gasteiger partial charge in [-0.25, -0.2) is 4.98 Å². The molecule has 3 rings (SSSR count). The second-order valence-corrected chi connectivity index (χ2v) is 7.34. The van der Waals surface area contributed by atoms with E-state index in [2.05, 4.69) is 26.7 Å². The Labute approximate surface area is 141 Å². The van der Waals surface area contributed by atoms with Gasteiger partial charge >= 0.3 is 0 Å². The highest BCUT2D eigenvalue weighted by molar-refractivity contribution is 7.98. The standard InChI is InChI=1S/C15H17N5OS2/c1-5-6-20-10(4)18-19-15(20)22-7-11-16-13(21)12-8(2)9(3)23-14(12)17-11/h5H,1,6-7H2,2-4H3,(H,16,17,21). The Morgan fingerprint density at radius 3 is 2.87 bits per heavy atom. The lowest BCUT2D eigenvalue weighted by Crippen LogP contribution is -2.11. The molecule has 3 aromatic rings. The van der Waals surface area contributed by atoms with E-state index < -0.39 is 0 Å². The number of fused-ring (bicyclic) bond motifs is 1. The first kappa shape index (κ1) is 15.9. The summed E-state index contributed by atoms with van der Waals surface area (Å²) in [6.45, 7) is 10.3. The predicted molar refractivity (Wildman–Crippen MR) is 94.2 cm³/mol. The van der Waals surface area contributed by atoms with Gasteiger partial charge in [-0.2, -0.15) is 0 Å². The van der Waals surface area contributed by atoms with Gasteiger partial charge in [0.05, 0.1) is 11.1 Å². The van der Waals surface area contributed by atoms with Gasteiger partial charge in [0.15, 0.2) is 5.16 Å². The maximum atomic E-state index is 12.3. The summed E-state index contributed by atoms with van der Waals surface area (Å²) in [7, 11) is 0. The van der Waals surface area contributed by atoms with Crippen LogP contribution in [0, 0.1) is 20.8 Å². The molecule has 0 aliphatic heterocycles. The molecule has 0 saturated heterocycles. The van der Waals surface area contributed by atoms with Gasteiger partial charge in [-0.15, -0.1) is 28.1 Å². The number of thiophene rings is 1. The van der Waals surface area contributed by atoms with E-state index in [0.29, 0.717) is 23.5 Å². The second-order valence-electron chi connectivity index (χ2n) is 5.19. The van der Waals surface area contributed by atoms with Crippen molar-refractivity contribution in [1.82, 2.24) is 24.7 Å². The van der Waals surface area contributed by atoms with Crippen LogP contribution in [0.2, 0.25) is 0 Å². The molecule has 0 spiro atoms. The van der Waals surface area contributed by atoms with Gasteiger partial charge in [0.2, 0.25) is 0 Å². The van der Waals surface area contributed by atoms with E-state index in [1.807, 2.05) is 31.4 Å². The Bertz CT molecular complexity index is 937. The van der Waals surface area contributed by atoms with Crippen LogP contribution in [0.15, 0.2) is 22.6 Å². The predicted octanol–water partition coefficient (Wildman–Crippen LogP) is 2.98. The molecule has 0 saturated carbocycles. The van der Waals surface area contributed by atoms with Crippen LogP contribution in [0.25, 0.3) is 10.2 Å². The third kappa shape index (κ3) is 2.96. The van der Waals surface area contributed by atoms with Crippen LogP contribution in [0.1, 0.15) is 22.1 Å². The Balaban J connectivity index is 1.88. The largest absolute Gasteiger partial charge is 0.309 e. The summed E-state index contributed by atoms with van der Waals surface area (Å²) in [4.78, 5) is 21.7. The number of aryl methyl sites for hydroxylation is 3. The smallest absolute Gasteiger partial charge is 0.259 e. The van der Waals surface area contributed by atoms with Crippen molar-refractivity contribution in [2.45, 2.75) is 38.2 Å². The summed E-state index contributed by atoms with van der Waals surface area (Å²) in [5, 5.41) is 9.74. The molecule has 0 atom stereocenters. The number of hydrogen-bond acceptors (Lipinski definition) is 6. The molecule has 3 aromatic heterocycles. The zero-order chi connectivity index (χ0) is 16.6. The fourth-order valence-electron chi connectivity index (χ4n) is 2.31. The number of allylic oxidation sites excluding steroid dienone is 1. The lowest BCUT2D eigenvalue weighted by Gasteiger charge is -2.05. The first-order valence-corrected chi connectivity index (χ1v) is 8.94. The Morgan fingerprint density at radius 2 is 2.13 bits per heavy atom. The Hall–Kier alpha value is -1.93. The number of rotatable bonds is 5. The van der Waals surface area contributed by atoms with Crippen LogP contribution < -0.4 is 5.56 Å². The molecule has 8 heteroatoms. The molecule has 0 unspecified atom stereocenters. The van der Waals surface area contributed by atoms with Crippen molar-refractivity contribution in [2.75, 3.05) is 0 Å². The number of aromatic amines is 1. The molecule has 0 aliphatic carbocycles. The third-order valence-corrected chi connectivity index (χ3v) is 5.72. The molecule has 0 radical (unpaired) electrons. The molecule has 6 nitrogen and oxygen atoms in total. The minimum Gasteiger partial charge on any atom is -0.309 e. The first-order chi connectivity index (χ1) is 11.0. The fraction of sp³-hybridized carbons (Fsp3) is 0.333. The van der Waals surface area contributed by atoms with E-state index in [4.69, 9.17) is 0 Å². The highest BCUT2D eigenvalue weighted by Gasteiger charge is 2.13. The molecule has 0 aliphatic rings. The van der Waals surface area contributed by atoms with Crippen LogP contribution in [0.4, 0.5) is 0 Å². The molecule has 0 amide bonds. The molecular formula is C15H17N5OS2. The Kier molecular flexibility index (Phi) is 4.36. The van der Waals surface area contributed by atoms with Crippen LogP contribution >= 0.6 is 23.1 Å². The monoisotopic (exact) mass is 347 g/mol. The summed E-state index contributed by atoms with van der Waals surface area (Å²) in [5.41, 5.74) is 0.940. The van der Waals surface area contributed by atoms with E-state index in [9.17, 15) is 4.79 Å². The Morgan fingerprint density at radius 1 is 1.35 bits per heavy atom. The summed E-state index contributed by atoms with van der Waals surface area (Å²) in [5.74, 6) is 2.03. The number of aromatic nitrogens is 5. The maximum absolute atomic E-state index is 12.3. The number of H-pyrrole nitrogens is 1. The van der Waals surface area contributed by atoms with Crippen molar-refractivity contribution in [2.24, 2.45) is 0 Å². The number of nitrogens with zero attached hydrogens (tertiary/aromatic N) is 4. The van der Waals surface area contributed by atoms with E-state index in [0.717, 1.165) is 26.3 Å². The van der Waals surface area contributed by atoms with Gasteiger partial charge < -0.3 is 9.55 Å². The summed E-state index contributed by atoms with van der Waals surface area (Å²) in [6, 6.07) is 0. The zero-order valence-corrected chi connectivity index (χ0v) is 14.8. The average molecular weight is 347 g/mol. The van der Waals surface area contributed by atoms with Crippen molar-refractivity contribution in [3.8, 4) is 0 Å². The van der Waals surface area contributed by atoms with E-state index >= 15 is 0 Å².